The van der Waals surface area contributed by atoms with E-state index in [2.05, 4.69) is 10.4 Å². The quantitative estimate of drug-likeness (QED) is 0.677. The van der Waals surface area contributed by atoms with Gasteiger partial charge in [-0.05, 0) is 32.8 Å². The van der Waals surface area contributed by atoms with Gasteiger partial charge >= 0.3 is 5.97 Å². The third-order valence-electron chi connectivity index (χ3n) is 3.33. The van der Waals surface area contributed by atoms with Gasteiger partial charge in [0, 0.05) is 19.2 Å². The van der Waals surface area contributed by atoms with Crippen molar-refractivity contribution in [3.05, 3.63) is 17.0 Å². The Morgan fingerprint density at radius 1 is 1.40 bits per heavy atom. The molecule has 7 heteroatoms. The average molecular weight is 283 g/mol. The van der Waals surface area contributed by atoms with E-state index in [0.29, 0.717) is 6.42 Å². The van der Waals surface area contributed by atoms with Gasteiger partial charge in [-0.3, -0.25) is 9.48 Å². The molecule has 112 valence electrons. The van der Waals surface area contributed by atoms with Crippen LogP contribution in [0.3, 0.4) is 0 Å². The van der Waals surface area contributed by atoms with Gasteiger partial charge in [-0.2, -0.15) is 5.10 Å². The number of carbonyl (C=O) groups excluding carboxylic acids is 1. The maximum Gasteiger partial charge on any atom is 0.328 e. The van der Waals surface area contributed by atoms with E-state index in [4.69, 9.17) is 5.11 Å². The molecule has 1 rings (SSSR count). The number of aromatic nitrogens is 2. The molecule has 0 fully saturated rings. The normalized spacial score (nSPS) is 13.8. The fourth-order valence-corrected chi connectivity index (χ4v) is 2.05. The first kappa shape index (κ1) is 16.2. The Balaban J connectivity index is 2.61. The van der Waals surface area contributed by atoms with Crippen molar-refractivity contribution < 1.29 is 19.8 Å². The van der Waals surface area contributed by atoms with Crippen LogP contribution < -0.4 is 5.32 Å². The van der Waals surface area contributed by atoms with Gasteiger partial charge in [0.15, 0.2) is 6.04 Å². The summed E-state index contributed by atoms with van der Waals surface area (Å²) in [5.74, 6) is -1.65. The molecule has 0 aliphatic heterocycles. The number of nitrogens with one attached hydrogen (secondary N) is 1. The van der Waals surface area contributed by atoms with Gasteiger partial charge in [-0.25, -0.2) is 4.79 Å². The lowest BCUT2D eigenvalue weighted by atomic mass is 10.1. The summed E-state index contributed by atoms with van der Waals surface area (Å²) in [7, 11) is 1.83. The van der Waals surface area contributed by atoms with Crippen LogP contribution in [0.1, 0.15) is 30.3 Å². The summed E-state index contributed by atoms with van der Waals surface area (Å²) in [4.78, 5) is 22.6. The fourth-order valence-electron chi connectivity index (χ4n) is 2.05. The highest BCUT2D eigenvalue weighted by molar-refractivity contribution is 5.84. The predicted molar refractivity (Wildman–Crippen MR) is 72.3 cm³/mol. The Bertz CT molecular complexity index is 508. The number of carboxylic acids is 1. The summed E-state index contributed by atoms with van der Waals surface area (Å²) in [6, 6.07) is -1.28. The summed E-state index contributed by atoms with van der Waals surface area (Å²) in [6.07, 6.45) is -0.494. The lowest BCUT2D eigenvalue weighted by Gasteiger charge is -2.16. The second-order valence-corrected chi connectivity index (χ2v) is 4.90. The van der Waals surface area contributed by atoms with Crippen molar-refractivity contribution in [3.8, 4) is 0 Å². The van der Waals surface area contributed by atoms with Crippen LogP contribution in [0.15, 0.2) is 0 Å². The molecule has 2 atom stereocenters. The molecule has 0 unspecified atom stereocenters. The van der Waals surface area contributed by atoms with Crippen molar-refractivity contribution in [2.24, 2.45) is 7.05 Å². The van der Waals surface area contributed by atoms with Crippen LogP contribution in [0, 0.1) is 13.8 Å². The molecule has 20 heavy (non-hydrogen) atoms. The third-order valence-corrected chi connectivity index (χ3v) is 3.33. The highest BCUT2D eigenvalue weighted by atomic mass is 16.4. The SMILES string of the molecule is Cc1nn(C)c(C)c1CCC(=O)N[C@H](C(=O)O)[C@@H](C)O. The van der Waals surface area contributed by atoms with Crippen LogP contribution in [0.2, 0.25) is 0 Å². The lowest BCUT2D eigenvalue weighted by molar-refractivity contribution is -0.144. The van der Waals surface area contributed by atoms with Crippen LogP contribution >= 0.6 is 0 Å². The average Bonchev–Trinajstić information content (AvgIpc) is 2.57. The molecule has 0 radical (unpaired) electrons. The predicted octanol–water partition coefficient (Wildman–Crippen LogP) is -0.0803. The second-order valence-electron chi connectivity index (χ2n) is 4.90. The summed E-state index contributed by atoms with van der Waals surface area (Å²) >= 11 is 0. The monoisotopic (exact) mass is 283 g/mol. The van der Waals surface area contributed by atoms with E-state index >= 15 is 0 Å². The van der Waals surface area contributed by atoms with Crippen molar-refractivity contribution in [1.29, 1.82) is 0 Å². The minimum Gasteiger partial charge on any atom is -0.480 e. The van der Waals surface area contributed by atoms with E-state index in [1.54, 1.807) is 4.68 Å². The van der Waals surface area contributed by atoms with Gasteiger partial charge in [0.2, 0.25) is 5.91 Å². The molecule has 0 aromatic carbocycles. The molecular formula is C13H21N3O4. The molecule has 1 aromatic heterocycles. The molecule has 1 amide bonds. The van der Waals surface area contributed by atoms with Gasteiger partial charge in [-0.1, -0.05) is 0 Å². The smallest absolute Gasteiger partial charge is 0.328 e. The second kappa shape index (κ2) is 6.51. The summed E-state index contributed by atoms with van der Waals surface area (Å²) < 4.78 is 1.75. The van der Waals surface area contributed by atoms with Crippen LogP contribution in [0.25, 0.3) is 0 Å². The van der Waals surface area contributed by atoms with Crippen molar-refractivity contribution >= 4 is 11.9 Å². The Kier molecular flexibility index (Phi) is 5.26. The number of carboxylic acid groups (broad SMARTS) is 1. The summed E-state index contributed by atoms with van der Waals surface area (Å²) in [5, 5.41) is 24.8. The first-order valence-corrected chi connectivity index (χ1v) is 6.43. The number of hydrogen-bond acceptors (Lipinski definition) is 4. The standard InChI is InChI=1S/C13H21N3O4/c1-7-10(8(2)16(4)15-7)5-6-11(18)14-12(9(3)17)13(19)20/h9,12,17H,5-6H2,1-4H3,(H,14,18)(H,19,20)/t9-,12+/m1/s1. The van der Waals surface area contributed by atoms with Crippen LogP contribution in [-0.2, 0) is 23.1 Å². The molecule has 0 aliphatic rings. The van der Waals surface area contributed by atoms with Crippen LogP contribution in [0.4, 0.5) is 0 Å². The molecule has 1 heterocycles. The maximum absolute atomic E-state index is 11.8. The Labute approximate surface area is 117 Å². The molecule has 0 saturated carbocycles. The topological polar surface area (TPSA) is 104 Å². The van der Waals surface area contributed by atoms with E-state index in [1.165, 1.54) is 6.92 Å². The van der Waals surface area contributed by atoms with Crippen LogP contribution in [-0.4, -0.2) is 44.0 Å². The molecular weight excluding hydrogens is 262 g/mol. The Hall–Kier alpha value is -1.89. The summed E-state index contributed by atoms with van der Waals surface area (Å²) in [6.45, 7) is 5.12. The first-order valence-electron chi connectivity index (χ1n) is 6.43. The molecule has 7 nitrogen and oxygen atoms in total. The van der Waals surface area contributed by atoms with Crippen LogP contribution in [0.5, 0.6) is 0 Å². The Morgan fingerprint density at radius 2 is 2.00 bits per heavy atom. The molecule has 1 aromatic rings. The number of nitrogens with zero attached hydrogens (tertiary/aromatic N) is 2. The van der Waals surface area contributed by atoms with Gasteiger partial charge in [0.25, 0.3) is 0 Å². The minimum absolute atomic E-state index is 0.157. The summed E-state index contributed by atoms with van der Waals surface area (Å²) in [5.41, 5.74) is 2.84. The molecule has 0 aliphatic carbocycles. The number of aliphatic carboxylic acids is 1. The third kappa shape index (κ3) is 3.80. The van der Waals surface area contributed by atoms with Gasteiger partial charge in [0.05, 0.1) is 11.8 Å². The van der Waals surface area contributed by atoms with Gasteiger partial charge < -0.3 is 15.5 Å². The number of rotatable bonds is 6. The van der Waals surface area contributed by atoms with E-state index in [0.717, 1.165) is 17.0 Å². The van der Waals surface area contributed by atoms with Gasteiger partial charge in [0.1, 0.15) is 0 Å². The van der Waals surface area contributed by atoms with Crippen molar-refractivity contribution in [2.45, 2.75) is 45.8 Å². The number of carbonyl (C=O) groups is 2. The van der Waals surface area contributed by atoms with E-state index in [9.17, 15) is 14.7 Å². The number of aryl methyl sites for hydroxylation is 2. The molecule has 0 spiro atoms. The number of amides is 1. The van der Waals surface area contributed by atoms with E-state index in [-0.39, 0.29) is 6.42 Å². The zero-order valence-electron chi connectivity index (χ0n) is 12.2. The van der Waals surface area contributed by atoms with Crippen molar-refractivity contribution in [1.82, 2.24) is 15.1 Å². The fraction of sp³-hybridized carbons (Fsp3) is 0.615. The first-order chi connectivity index (χ1) is 9.23. The maximum atomic E-state index is 11.8. The largest absolute Gasteiger partial charge is 0.480 e. The lowest BCUT2D eigenvalue weighted by Crippen LogP contribution is -2.47. The van der Waals surface area contributed by atoms with Crippen molar-refractivity contribution in [3.63, 3.8) is 0 Å². The minimum atomic E-state index is -1.28. The zero-order valence-corrected chi connectivity index (χ0v) is 12.2. The molecule has 3 N–H and O–H groups in total. The highest BCUT2D eigenvalue weighted by Crippen LogP contribution is 2.14. The number of aliphatic hydroxyl groups excluding tert-OH is 1. The van der Waals surface area contributed by atoms with E-state index in [1.807, 2.05) is 20.9 Å². The number of aliphatic hydroxyl groups is 1. The van der Waals surface area contributed by atoms with Crippen molar-refractivity contribution in [2.75, 3.05) is 0 Å². The molecule has 0 bridgehead atoms. The zero-order chi connectivity index (χ0) is 15.4. The Morgan fingerprint density at radius 3 is 2.40 bits per heavy atom. The molecule has 0 saturated heterocycles. The number of hydrogen-bond donors (Lipinski definition) is 3. The van der Waals surface area contributed by atoms with Gasteiger partial charge in [-0.15, -0.1) is 0 Å². The highest BCUT2D eigenvalue weighted by Gasteiger charge is 2.24. The van der Waals surface area contributed by atoms with E-state index < -0.39 is 24.0 Å².